The number of pyridine rings is 1. The maximum absolute atomic E-state index is 10.8. The van der Waals surface area contributed by atoms with Crippen molar-refractivity contribution in [1.82, 2.24) is 4.98 Å². The first kappa shape index (κ1) is 12.1. The number of ether oxygens (including phenoxy) is 1. The van der Waals surface area contributed by atoms with E-state index in [2.05, 4.69) is 4.98 Å². The maximum Gasteiger partial charge on any atom is 0.335 e. The summed E-state index contributed by atoms with van der Waals surface area (Å²) in [4.78, 5) is 14.8. The zero-order chi connectivity index (χ0) is 12.8. The van der Waals surface area contributed by atoms with E-state index in [0.717, 1.165) is 12.0 Å². The Bertz CT molecular complexity index is 526. The normalized spacial score (nSPS) is 10.0. The van der Waals surface area contributed by atoms with Crippen LogP contribution in [0.25, 0.3) is 0 Å². The van der Waals surface area contributed by atoms with E-state index in [1.807, 2.05) is 12.1 Å². The third-order valence-electron chi connectivity index (χ3n) is 2.46. The summed E-state index contributed by atoms with van der Waals surface area (Å²) in [5.74, 6) is -0.383. The summed E-state index contributed by atoms with van der Waals surface area (Å²) in [5, 5.41) is 8.85. The van der Waals surface area contributed by atoms with Gasteiger partial charge >= 0.3 is 5.97 Å². The number of carboxylic acid groups (broad SMARTS) is 1. The summed E-state index contributed by atoms with van der Waals surface area (Å²) in [6, 6.07) is 10.3. The van der Waals surface area contributed by atoms with Crippen LogP contribution in [0.5, 0.6) is 5.75 Å². The average Bonchev–Trinajstić information content (AvgIpc) is 2.40. The smallest absolute Gasteiger partial charge is 0.335 e. The van der Waals surface area contributed by atoms with Crippen LogP contribution >= 0.6 is 0 Å². The van der Waals surface area contributed by atoms with Crippen molar-refractivity contribution in [3.05, 3.63) is 59.9 Å². The Hall–Kier alpha value is -2.36. The molecule has 0 aliphatic carbocycles. The fourth-order valence-corrected chi connectivity index (χ4v) is 1.55. The largest absolute Gasteiger partial charge is 0.493 e. The van der Waals surface area contributed by atoms with Crippen molar-refractivity contribution in [3.63, 3.8) is 0 Å². The zero-order valence-electron chi connectivity index (χ0n) is 9.74. The molecule has 1 aromatic carbocycles. The summed E-state index contributed by atoms with van der Waals surface area (Å²) < 4.78 is 5.51. The molecular formula is C14H13NO3. The number of carbonyl (C=O) groups is 1. The molecule has 1 N–H and O–H groups in total. The maximum atomic E-state index is 10.8. The Morgan fingerprint density at radius 3 is 2.89 bits per heavy atom. The van der Waals surface area contributed by atoms with E-state index in [9.17, 15) is 4.79 Å². The Morgan fingerprint density at radius 2 is 2.17 bits per heavy atom. The van der Waals surface area contributed by atoms with Crippen LogP contribution in [0.4, 0.5) is 0 Å². The molecule has 0 aliphatic rings. The van der Waals surface area contributed by atoms with Crippen LogP contribution in [0.3, 0.4) is 0 Å². The second kappa shape index (κ2) is 5.82. The molecule has 0 aliphatic heterocycles. The Morgan fingerprint density at radius 1 is 1.28 bits per heavy atom. The highest BCUT2D eigenvalue weighted by atomic mass is 16.5. The Kier molecular flexibility index (Phi) is 3.91. The van der Waals surface area contributed by atoms with Crippen molar-refractivity contribution in [2.24, 2.45) is 0 Å². The third kappa shape index (κ3) is 3.31. The predicted octanol–water partition coefficient (Wildman–Crippen LogP) is 2.40. The number of nitrogens with zero attached hydrogens (tertiary/aromatic N) is 1. The van der Waals surface area contributed by atoms with Crippen molar-refractivity contribution in [2.45, 2.75) is 6.42 Å². The highest BCUT2D eigenvalue weighted by Crippen LogP contribution is 2.13. The van der Waals surface area contributed by atoms with E-state index in [1.54, 1.807) is 24.5 Å². The van der Waals surface area contributed by atoms with Gasteiger partial charge in [-0.1, -0.05) is 12.1 Å². The summed E-state index contributed by atoms with van der Waals surface area (Å²) in [7, 11) is 0. The van der Waals surface area contributed by atoms with Gasteiger partial charge in [0, 0.05) is 18.8 Å². The van der Waals surface area contributed by atoms with Gasteiger partial charge in [-0.2, -0.15) is 0 Å². The number of benzene rings is 1. The van der Waals surface area contributed by atoms with Gasteiger partial charge in [-0.05, 0) is 29.8 Å². The molecule has 0 saturated heterocycles. The first-order valence-electron chi connectivity index (χ1n) is 5.61. The SMILES string of the molecule is O=C(O)c1cccc(OCCc2cccnc2)c1. The topological polar surface area (TPSA) is 59.4 Å². The van der Waals surface area contributed by atoms with E-state index in [4.69, 9.17) is 9.84 Å². The minimum absolute atomic E-state index is 0.230. The fraction of sp³-hybridized carbons (Fsp3) is 0.143. The molecule has 4 nitrogen and oxygen atoms in total. The average molecular weight is 243 g/mol. The highest BCUT2D eigenvalue weighted by Gasteiger charge is 2.03. The van der Waals surface area contributed by atoms with Crippen molar-refractivity contribution < 1.29 is 14.6 Å². The molecule has 0 atom stereocenters. The molecule has 1 heterocycles. The van der Waals surface area contributed by atoms with E-state index >= 15 is 0 Å². The molecule has 0 fully saturated rings. The van der Waals surface area contributed by atoms with Crippen LogP contribution in [0.1, 0.15) is 15.9 Å². The quantitative estimate of drug-likeness (QED) is 0.876. The van der Waals surface area contributed by atoms with Crippen molar-refractivity contribution in [3.8, 4) is 5.75 Å². The molecular weight excluding hydrogens is 230 g/mol. The van der Waals surface area contributed by atoms with Crippen LogP contribution in [0.2, 0.25) is 0 Å². The summed E-state index contributed by atoms with van der Waals surface area (Å²) >= 11 is 0. The molecule has 2 aromatic rings. The molecule has 0 spiro atoms. The molecule has 0 unspecified atom stereocenters. The number of hydrogen-bond donors (Lipinski definition) is 1. The van der Waals surface area contributed by atoms with Crippen LogP contribution in [0.15, 0.2) is 48.8 Å². The van der Waals surface area contributed by atoms with Crippen LogP contribution in [-0.4, -0.2) is 22.7 Å². The molecule has 4 heteroatoms. The van der Waals surface area contributed by atoms with Crippen molar-refractivity contribution in [1.29, 1.82) is 0 Å². The Labute approximate surface area is 105 Å². The molecule has 0 saturated carbocycles. The standard InChI is InChI=1S/C14H13NO3/c16-14(17)12-4-1-5-13(9-12)18-8-6-11-3-2-7-15-10-11/h1-5,7,9-10H,6,8H2,(H,16,17). The predicted molar refractivity (Wildman–Crippen MR) is 66.8 cm³/mol. The molecule has 0 amide bonds. The molecule has 18 heavy (non-hydrogen) atoms. The van der Waals surface area contributed by atoms with E-state index < -0.39 is 5.97 Å². The monoisotopic (exact) mass is 243 g/mol. The van der Waals surface area contributed by atoms with Crippen LogP contribution in [0, 0.1) is 0 Å². The Balaban J connectivity index is 1.90. The molecule has 0 radical (unpaired) electrons. The second-order valence-corrected chi connectivity index (χ2v) is 3.79. The lowest BCUT2D eigenvalue weighted by Gasteiger charge is -2.06. The first-order chi connectivity index (χ1) is 8.75. The molecule has 1 aromatic heterocycles. The molecule has 2 rings (SSSR count). The zero-order valence-corrected chi connectivity index (χ0v) is 9.74. The number of aromatic nitrogens is 1. The van der Waals surface area contributed by atoms with E-state index in [0.29, 0.717) is 12.4 Å². The van der Waals surface area contributed by atoms with Gasteiger partial charge in [0.05, 0.1) is 12.2 Å². The summed E-state index contributed by atoms with van der Waals surface area (Å²) in [5.41, 5.74) is 1.32. The number of rotatable bonds is 5. The lowest BCUT2D eigenvalue weighted by atomic mass is 10.2. The van der Waals surface area contributed by atoms with Gasteiger partial charge in [-0.25, -0.2) is 4.79 Å². The van der Waals surface area contributed by atoms with Crippen molar-refractivity contribution in [2.75, 3.05) is 6.61 Å². The second-order valence-electron chi connectivity index (χ2n) is 3.79. The summed E-state index contributed by atoms with van der Waals surface area (Å²) in [6.07, 6.45) is 4.25. The van der Waals surface area contributed by atoms with Gasteiger partial charge in [-0.15, -0.1) is 0 Å². The van der Waals surface area contributed by atoms with Gasteiger partial charge in [0.2, 0.25) is 0 Å². The van der Waals surface area contributed by atoms with Gasteiger partial charge in [-0.3, -0.25) is 4.98 Å². The van der Waals surface area contributed by atoms with Gasteiger partial charge in [0.15, 0.2) is 0 Å². The van der Waals surface area contributed by atoms with Crippen LogP contribution < -0.4 is 4.74 Å². The van der Waals surface area contributed by atoms with E-state index in [-0.39, 0.29) is 5.56 Å². The summed E-state index contributed by atoms with van der Waals surface area (Å²) in [6.45, 7) is 0.495. The van der Waals surface area contributed by atoms with Gasteiger partial charge in [0.1, 0.15) is 5.75 Å². The van der Waals surface area contributed by atoms with Gasteiger partial charge in [0.25, 0.3) is 0 Å². The molecule has 92 valence electrons. The first-order valence-corrected chi connectivity index (χ1v) is 5.61. The minimum atomic E-state index is -0.951. The number of carboxylic acids is 1. The lowest BCUT2D eigenvalue weighted by molar-refractivity contribution is 0.0696. The van der Waals surface area contributed by atoms with Crippen molar-refractivity contribution >= 4 is 5.97 Å². The number of aromatic carboxylic acids is 1. The van der Waals surface area contributed by atoms with E-state index in [1.165, 1.54) is 12.1 Å². The fourth-order valence-electron chi connectivity index (χ4n) is 1.55. The molecule has 0 bridgehead atoms. The lowest BCUT2D eigenvalue weighted by Crippen LogP contribution is -2.03. The van der Waals surface area contributed by atoms with Gasteiger partial charge < -0.3 is 9.84 Å². The minimum Gasteiger partial charge on any atom is -0.493 e. The third-order valence-corrected chi connectivity index (χ3v) is 2.46. The highest BCUT2D eigenvalue weighted by molar-refractivity contribution is 5.87. The number of hydrogen-bond acceptors (Lipinski definition) is 3. The van der Waals surface area contributed by atoms with Crippen LogP contribution in [-0.2, 0) is 6.42 Å².